The Balaban J connectivity index is 1.48. The van der Waals surface area contributed by atoms with Gasteiger partial charge in [-0.15, -0.1) is 0 Å². The van der Waals surface area contributed by atoms with Gasteiger partial charge in [0.25, 0.3) is 5.89 Å². The van der Waals surface area contributed by atoms with E-state index in [9.17, 15) is 12.8 Å². The monoisotopic (exact) mass is 442 g/mol. The third-order valence-electron chi connectivity index (χ3n) is 6.20. The van der Waals surface area contributed by atoms with Gasteiger partial charge in [0.2, 0.25) is 10.0 Å². The SMILES string of the molecule is O=S(=O)(c1ccc(F)cc1)N1CCCC(CC2CC2)(c2noc(-c3ccncc3)n2)C1. The quantitative estimate of drug-likeness (QED) is 0.577. The van der Waals surface area contributed by atoms with Gasteiger partial charge in [-0.2, -0.15) is 9.29 Å². The van der Waals surface area contributed by atoms with Gasteiger partial charge in [-0.05, 0) is 61.6 Å². The van der Waals surface area contributed by atoms with E-state index in [1.807, 2.05) is 0 Å². The van der Waals surface area contributed by atoms with Crippen LogP contribution in [0.3, 0.4) is 0 Å². The van der Waals surface area contributed by atoms with Gasteiger partial charge in [0.05, 0.1) is 4.90 Å². The lowest BCUT2D eigenvalue weighted by Gasteiger charge is -2.40. The number of benzene rings is 1. The fraction of sp³-hybridized carbons (Fsp3) is 0.409. The topological polar surface area (TPSA) is 89.2 Å². The minimum atomic E-state index is -3.75. The number of halogens is 1. The molecule has 5 rings (SSSR count). The maximum absolute atomic E-state index is 13.3. The number of hydrogen-bond donors (Lipinski definition) is 0. The number of rotatable bonds is 6. The van der Waals surface area contributed by atoms with Gasteiger partial charge in [0, 0.05) is 36.5 Å². The zero-order valence-corrected chi connectivity index (χ0v) is 17.8. The van der Waals surface area contributed by atoms with Crippen molar-refractivity contribution < 1.29 is 17.3 Å². The van der Waals surface area contributed by atoms with Gasteiger partial charge in [-0.3, -0.25) is 4.98 Å². The fourth-order valence-corrected chi connectivity index (χ4v) is 5.98. The molecule has 31 heavy (non-hydrogen) atoms. The molecule has 1 saturated heterocycles. The molecular weight excluding hydrogens is 419 g/mol. The first-order valence-corrected chi connectivity index (χ1v) is 11.9. The molecule has 9 heteroatoms. The molecule has 1 aliphatic carbocycles. The molecule has 1 aliphatic heterocycles. The molecular formula is C22H23FN4O3S. The number of aromatic nitrogens is 3. The van der Waals surface area contributed by atoms with Crippen LogP contribution in [-0.4, -0.2) is 40.9 Å². The maximum Gasteiger partial charge on any atom is 0.258 e. The van der Waals surface area contributed by atoms with Gasteiger partial charge < -0.3 is 4.52 Å². The number of sulfonamides is 1. The Morgan fingerprint density at radius 2 is 1.87 bits per heavy atom. The summed E-state index contributed by atoms with van der Waals surface area (Å²) in [5.74, 6) is 1.06. The molecule has 0 radical (unpaired) electrons. The summed E-state index contributed by atoms with van der Waals surface area (Å²) in [5.41, 5.74) is 0.281. The second-order valence-corrected chi connectivity index (χ2v) is 10.4. The zero-order valence-electron chi connectivity index (χ0n) is 16.9. The Morgan fingerprint density at radius 3 is 2.58 bits per heavy atom. The summed E-state index contributed by atoms with van der Waals surface area (Å²) in [5, 5.41) is 4.29. The van der Waals surface area contributed by atoms with Crippen molar-refractivity contribution in [1.29, 1.82) is 0 Å². The molecule has 0 spiro atoms. The van der Waals surface area contributed by atoms with Crippen molar-refractivity contribution >= 4 is 10.0 Å². The molecule has 0 amide bonds. The van der Waals surface area contributed by atoms with Crippen LogP contribution in [0.15, 0.2) is 58.2 Å². The summed E-state index contributed by atoms with van der Waals surface area (Å²) in [6.45, 7) is 0.708. The van der Waals surface area contributed by atoms with Crippen molar-refractivity contribution in [1.82, 2.24) is 19.4 Å². The number of nitrogens with zero attached hydrogens (tertiary/aromatic N) is 4. The highest BCUT2D eigenvalue weighted by Gasteiger charge is 2.47. The zero-order chi connectivity index (χ0) is 21.5. The van der Waals surface area contributed by atoms with E-state index in [1.165, 1.54) is 28.6 Å². The molecule has 1 aromatic carbocycles. The largest absolute Gasteiger partial charge is 0.334 e. The van der Waals surface area contributed by atoms with Crippen LogP contribution in [0.1, 0.15) is 37.9 Å². The van der Waals surface area contributed by atoms with Crippen molar-refractivity contribution in [2.45, 2.75) is 42.4 Å². The molecule has 7 nitrogen and oxygen atoms in total. The molecule has 1 unspecified atom stereocenters. The summed E-state index contributed by atoms with van der Waals surface area (Å²) in [7, 11) is -3.75. The van der Waals surface area contributed by atoms with Crippen molar-refractivity contribution in [2.75, 3.05) is 13.1 Å². The van der Waals surface area contributed by atoms with Crippen molar-refractivity contribution in [3.8, 4) is 11.5 Å². The second kappa shape index (κ2) is 7.80. The highest BCUT2D eigenvalue weighted by atomic mass is 32.2. The summed E-state index contributed by atoms with van der Waals surface area (Å²) < 4.78 is 46.9. The summed E-state index contributed by atoms with van der Waals surface area (Å²) in [6, 6.07) is 8.59. The first-order chi connectivity index (χ1) is 15.0. The first kappa shape index (κ1) is 20.3. The molecule has 2 aromatic heterocycles. The van der Waals surface area contributed by atoms with Crippen molar-refractivity contribution in [3.05, 3.63) is 60.4 Å². The van der Waals surface area contributed by atoms with Crippen LogP contribution >= 0.6 is 0 Å². The van der Waals surface area contributed by atoms with E-state index < -0.39 is 21.3 Å². The molecule has 162 valence electrons. The Labute approximate surface area is 180 Å². The normalized spacial score (nSPS) is 22.5. The maximum atomic E-state index is 13.3. The smallest absolute Gasteiger partial charge is 0.258 e. The third kappa shape index (κ3) is 3.99. The molecule has 2 fully saturated rings. The van der Waals surface area contributed by atoms with Gasteiger partial charge in [-0.25, -0.2) is 12.8 Å². The van der Waals surface area contributed by atoms with E-state index in [4.69, 9.17) is 4.52 Å². The van der Waals surface area contributed by atoms with E-state index in [0.717, 1.165) is 31.2 Å². The highest BCUT2D eigenvalue weighted by Crippen LogP contribution is 2.46. The average Bonchev–Trinajstić information content (AvgIpc) is 3.45. The van der Waals surface area contributed by atoms with E-state index in [0.29, 0.717) is 37.1 Å². The highest BCUT2D eigenvalue weighted by molar-refractivity contribution is 7.89. The van der Waals surface area contributed by atoms with Crippen LogP contribution in [0.4, 0.5) is 4.39 Å². The molecule has 3 aromatic rings. The fourth-order valence-electron chi connectivity index (χ4n) is 4.42. The number of piperidine rings is 1. The van der Waals surface area contributed by atoms with Crippen molar-refractivity contribution in [3.63, 3.8) is 0 Å². The minimum absolute atomic E-state index is 0.0988. The standard InChI is InChI=1S/C22H23FN4O3S/c23-18-4-6-19(7-5-18)31(28,29)27-13-1-10-22(15-27,14-16-2-3-16)21-25-20(30-26-21)17-8-11-24-12-9-17/h4-9,11-12,16H,1-3,10,13-15H2. The van der Waals surface area contributed by atoms with Crippen LogP contribution in [0.2, 0.25) is 0 Å². The second-order valence-electron chi connectivity index (χ2n) is 8.48. The lowest BCUT2D eigenvalue weighted by Crippen LogP contribution is -2.49. The Morgan fingerprint density at radius 1 is 1.13 bits per heavy atom. The van der Waals surface area contributed by atoms with Crippen molar-refractivity contribution in [2.24, 2.45) is 5.92 Å². The van der Waals surface area contributed by atoms with Crippen LogP contribution in [-0.2, 0) is 15.4 Å². The third-order valence-corrected chi connectivity index (χ3v) is 8.06. The molecule has 1 saturated carbocycles. The number of pyridine rings is 1. The van der Waals surface area contributed by atoms with E-state index in [1.54, 1.807) is 24.5 Å². The molecule has 2 aliphatic rings. The molecule has 1 atom stereocenters. The first-order valence-electron chi connectivity index (χ1n) is 10.5. The lowest BCUT2D eigenvalue weighted by molar-refractivity contribution is 0.190. The lowest BCUT2D eigenvalue weighted by atomic mass is 9.75. The van der Waals surface area contributed by atoms with Crippen LogP contribution in [0.25, 0.3) is 11.5 Å². The van der Waals surface area contributed by atoms with Gasteiger partial charge >= 0.3 is 0 Å². The van der Waals surface area contributed by atoms with E-state index in [-0.39, 0.29) is 4.90 Å². The van der Waals surface area contributed by atoms with Crippen LogP contribution in [0, 0.1) is 11.7 Å². The number of hydrogen-bond acceptors (Lipinski definition) is 6. The van der Waals surface area contributed by atoms with Crippen LogP contribution < -0.4 is 0 Å². The predicted molar refractivity (Wildman–Crippen MR) is 111 cm³/mol. The van der Waals surface area contributed by atoms with E-state index >= 15 is 0 Å². The summed E-state index contributed by atoms with van der Waals surface area (Å²) >= 11 is 0. The van der Waals surface area contributed by atoms with Gasteiger partial charge in [-0.1, -0.05) is 18.0 Å². The average molecular weight is 443 g/mol. The van der Waals surface area contributed by atoms with Crippen LogP contribution in [0.5, 0.6) is 0 Å². The Bertz CT molecular complexity index is 1160. The molecule has 0 N–H and O–H groups in total. The predicted octanol–water partition coefficient (Wildman–Crippen LogP) is 3.79. The van der Waals surface area contributed by atoms with Gasteiger partial charge in [0.1, 0.15) is 5.82 Å². The van der Waals surface area contributed by atoms with Gasteiger partial charge in [0.15, 0.2) is 5.82 Å². The summed E-state index contributed by atoms with van der Waals surface area (Å²) in [4.78, 5) is 8.79. The Kier molecular flexibility index (Phi) is 5.10. The molecule has 3 heterocycles. The molecule has 0 bridgehead atoms. The Hall–Kier alpha value is -2.65. The minimum Gasteiger partial charge on any atom is -0.334 e. The van der Waals surface area contributed by atoms with E-state index in [2.05, 4.69) is 15.1 Å². The summed E-state index contributed by atoms with van der Waals surface area (Å²) in [6.07, 6.45) is 7.94.